The Balaban J connectivity index is 1.19. The standard InChI is InChI=1S/C32H38N6O3/c1-30(2)13-15-31(16-14-30)32(24-7-3-4-8-26(24)38(29(32)40)23-6-5-17-33-19-23)18-25(36-31)27(39)35-22-11-9-21(10-12-22)28-37-34-20-41-28/h3-8,17,19-22,25,36H,9-16,18H2,1-2H3,(H,35,39). The molecule has 4 heterocycles. The van der Waals surface area contributed by atoms with Gasteiger partial charge in [-0.25, -0.2) is 0 Å². The molecule has 3 aromatic rings. The van der Waals surface area contributed by atoms with Gasteiger partial charge in [-0.2, -0.15) is 0 Å². The van der Waals surface area contributed by atoms with Crippen LogP contribution in [0.2, 0.25) is 0 Å². The van der Waals surface area contributed by atoms with Gasteiger partial charge in [0.25, 0.3) is 0 Å². The second-order valence-corrected chi connectivity index (χ2v) is 13.3. The molecule has 2 aliphatic heterocycles. The van der Waals surface area contributed by atoms with Gasteiger partial charge in [-0.15, -0.1) is 10.2 Å². The van der Waals surface area contributed by atoms with Crippen LogP contribution in [0.25, 0.3) is 0 Å². The number of para-hydroxylation sites is 1. The van der Waals surface area contributed by atoms with Gasteiger partial charge in [0.15, 0.2) is 0 Å². The van der Waals surface area contributed by atoms with E-state index < -0.39 is 17.0 Å². The predicted octanol–water partition coefficient (Wildman–Crippen LogP) is 4.92. The van der Waals surface area contributed by atoms with Gasteiger partial charge in [0.05, 0.1) is 29.0 Å². The second-order valence-electron chi connectivity index (χ2n) is 13.3. The van der Waals surface area contributed by atoms with Gasteiger partial charge in [0, 0.05) is 23.7 Å². The number of nitrogens with zero attached hydrogens (tertiary/aromatic N) is 4. The second kappa shape index (κ2) is 9.76. The molecule has 2 saturated carbocycles. The van der Waals surface area contributed by atoms with E-state index in [1.54, 1.807) is 12.4 Å². The number of carbonyl (C=O) groups is 2. The van der Waals surface area contributed by atoms with E-state index >= 15 is 0 Å². The zero-order valence-electron chi connectivity index (χ0n) is 23.8. The highest BCUT2D eigenvalue weighted by Crippen LogP contribution is 2.61. The quantitative estimate of drug-likeness (QED) is 0.470. The van der Waals surface area contributed by atoms with E-state index in [1.807, 2.05) is 35.2 Å². The minimum atomic E-state index is -0.826. The third-order valence-corrected chi connectivity index (χ3v) is 10.4. The number of pyridine rings is 1. The van der Waals surface area contributed by atoms with Crippen LogP contribution in [0.4, 0.5) is 11.4 Å². The molecule has 0 bridgehead atoms. The highest BCUT2D eigenvalue weighted by Gasteiger charge is 2.69. The van der Waals surface area contributed by atoms with E-state index in [0.29, 0.717) is 12.3 Å². The van der Waals surface area contributed by atoms with Crippen molar-refractivity contribution in [1.29, 1.82) is 0 Å². The molecular weight excluding hydrogens is 516 g/mol. The van der Waals surface area contributed by atoms with Crippen molar-refractivity contribution in [2.75, 3.05) is 4.90 Å². The third kappa shape index (κ3) is 4.19. The lowest BCUT2D eigenvalue weighted by molar-refractivity contribution is -0.125. The Morgan fingerprint density at radius 2 is 1.83 bits per heavy atom. The van der Waals surface area contributed by atoms with Crippen molar-refractivity contribution in [2.45, 2.75) is 101 Å². The Hall–Kier alpha value is -3.59. The third-order valence-electron chi connectivity index (χ3n) is 10.4. The van der Waals surface area contributed by atoms with Crippen molar-refractivity contribution in [3.63, 3.8) is 0 Å². The maximum atomic E-state index is 14.8. The SMILES string of the molecule is CC1(C)CCC2(CC1)NC(C(=O)NC1CCC(c3nnco3)CC1)CC21C(=O)N(c2cccnc2)c2ccccc21. The highest BCUT2D eigenvalue weighted by molar-refractivity contribution is 6.14. The summed E-state index contributed by atoms with van der Waals surface area (Å²) in [5, 5.41) is 15.1. The molecule has 214 valence electrons. The van der Waals surface area contributed by atoms with Crippen molar-refractivity contribution < 1.29 is 14.0 Å². The van der Waals surface area contributed by atoms with Gasteiger partial charge in [-0.05, 0) is 87.0 Å². The molecule has 2 aliphatic carbocycles. The number of amides is 2. The summed E-state index contributed by atoms with van der Waals surface area (Å²) in [5.41, 5.74) is 1.57. The molecule has 41 heavy (non-hydrogen) atoms. The number of nitrogens with one attached hydrogen (secondary N) is 2. The summed E-state index contributed by atoms with van der Waals surface area (Å²) in [5.74, 6) is 0.984. The number of rotatable bonds is 4. The fourth-order valence-electron chi connectivity index (χ4n) is 8.09. The smallest absolute Gasteiger partial charge is 0.244 e. The molecule has 2 spiro atoms. The van der Waals surface area contributed by atoms with Crippen molar-refractivity contribution in [1.82, 2.24) is 25.8 Å². The van der Waals surface area contributed by atoms with Crippen LogP contribution in [-0.4, -0.2) is 44.6 Å². The van der Waals surface area contributed by atoms with Crippen molar-refractivity contribution in [3.05, 3.63) is 66.6 Å². The molecule has 2 unspecified atom stereocenters. The average Bonchev–Trinajstić information content (AvgIpc) is 3.70. The molecule has 2 atom stereocenters. The maximum Gasteiger partial charge on any atom is 0.244 e. The van der Waals surface area contributed by atoms with Crippen LogP contribution in [0.5, 0.6) is 0 Å². The Morgan fingerprint density at radius 1 is 1.05 bits per heavy atom. The monoisotopic (exact) mass is 554 g/mol. The van der Waals surface area contributed by atoms with Crippen molar-refractivity contribution in [3.8, 4) is 0 Å². The van der Waals surface area contributed by atoms with Gasteiger partial charge >= 0.3 is 0 Å². The first-order chi connectivity index (χ1) is 19.8. The van der Waals surface area contributed by atoms with Crippen LogP contribution in [0.15, 0.2) is 59.6 Å². The fourth-order valence-corrected chi connectivity index (χ4v) is 8.09. The molecule has 1 aromatic carbocycles. The maximum absolute atomic E-state index is 14.8. The molecule has 7 rings (SSSR count). The molecule has 2 amide bonds. The van der Waals surface area contributed by atoms with E-state index in [2.05, 4.69) is 45.7 Å². The summed E-state index contributed by atoms with van der Waals surface area (Å²) in [6.07, 6.45) is 12.5. The number of benzene rings is 1. The largest absolute Gasteiger partial charge is 0.428 e. The van der Waals surface area contributed by atoms with Crippen LogP contribution in [0.3, 0.4) is 0 Å². The van der Waals surface area contributed by atoms with Gasteiger partial charge in [0.2, 0.25) is 24.1 Å². The topological polar surface area (TPSA) is 113 Å². The highest BCUT2D eigenvalue weighted by atomic mass is 16.4. The summed E-state index contributed by atoms with van der Waals surface area (Å²) < 4.78 is 5.42. The van der Waals surface area contributed by atoms with E-state index in [9.17, 15) is 9.59 Å². The summed E-state index contributed by atoms with van der Waals surface area (Å²) >= 11 is 0. The Bertz CT molecular complexity index is 1420. The normalized spacial score (nSPS) is 30.0. The number of aromatic nitrogens is 3. The number of anilines is 2. The van der Waals surface area contributed by atoms with E-state index in [4.69, 9.17) is 4.42 Å². The minimum Gasteiger partial charge on any atom is -0.428 e. The molecular formula is C32H38N6O3. The average molecular weight is 555 g/mol. The zero-order chi connectivity index (χ0) is 28.2. The molecule has 9 nitrogen and oxygen atoms in total. The van der Waals surface area contributed by atoms with E-state index in [1.165, 1.54) is 6.39 Å². The van der Waals surface area contributed by atoms with Crippen molar-refractivity contribution in [2.24, 2.45) is 5.41 Å². The van der Waals surface area contributed by atoms with Crippen LogP contribution in [0.1, 0.15) is 89.0 Å². The molecule has 4 aliphatic rings. The Morgan fingerprint density at radius 3 is 2.54 bits per heavy atom. The molecule has 3 fully saturated rings. The Kier molecular flexibility index (Phi) is 6.26. The van der Waals surface area contributed by atoms with Gasteiger partial charge in [-0.1, -0.05) is 32.0 Å². The molecule has 0 radical (unpaired) electrons. The zero-order valence-corrected chi connectivity index (χ0v) is 23.8. The van der Waals surface area contributed by atoms with Crippen LogP contribution >= 0.6 is 0 Å². The Labute approximate surface area is 240 Å². The lowest BCUT2D eigenvalue weighted by Crippen LogP contribution is -2.61. The lowest BCUT2D eigenvalue weighted by Gasteiger charge is -2.49. The first-order valence-electron chi connectivity index (χ1n) is 15.0. The number of hydrogen-bond acceptors (Lipinski definition) is 7. The number of carbonyl (C=O) groups excluding carboxylic acids is 2. The van der Waals surface area contributed by atoms with E-state index in [0.717, 1.165) is 68.3 Å². The summed E-state index contributed by atoms with van der Waals surface area (Å²) in [6, 6.07) is 11.6. The first-order valence-corrected chi connectivity index (χ1v) is 15.0. The number of fused-ring (bicyclic) bond motifs is 3. The van der Waals surface area contributed by atoms with Gasteiger partial charge in [-0.3, -0.25) is 24.8 Å². The first kappa shape index (κ1) is 26.3. The molecule has 1 saturated heterocycles. The van der Waals surface area contributed by atoms with Crippen molar-refractivity contribution >= 4 is 23.2 Å². The molecule has 2 aromatic heterocycles. The minimum absolute atomic E-state index is 0.00238. The fraction of sp³-hybridized carbons (Fsp3) is 0.531. The van der Waals surface area contributed by atoms with Crippen LogP contribution < -0.4 is 15.5 Å². The summed E-state index contributed by atoms with van der Waals surface area (Å²) in [7, 11) is 0. The number of hydrogen-bond donors (Lipinski definition) is 2. The van der Waals surface area contributed by atoms with Crippen LogP contribution in [0, 0.1) is 5.41 Å². The molecule has 2 N–H and O–H groups in total. The van der Waals surface area contributed by atoms with Gasteiger partial charge < -0.3 is 9.73 Å². The van der Waals surface area contributed by atoms with E-state index in [-0.39, 0.29) is 29.2 Å². The lowest BCUT2D eigenvalue weighted by atomic mass is 9.57. The van der Waals surface area contributed by atoms with Crippen LogP contribution in [-0.2, 0) is 15.0 Å². The summed E-state index contributed by atoms with van der Waals surface area (Å²) in [6.45, 7) is 4.62. The summed E-state index contributed by atoms with van der Waals surface area (Å²) in [4.78, 5) is 34.9. The molecule has 9 heteroatoms. The predicted molar refractivity (Wildman–Crippen MR) is 153 cm³/mol. The van der Waals surface area contributed by atoms with Gasteiger partial charge in [0.1, 0.15) is 0 Å².